The van der Waals surface area contributed by atoms with Gasteiger partial charge in [-0.15, -0.1) is 0 Å². The zero-order valence-electron chi connectivity index (χ0n) is 15.2. The minimum atomic E-state index is -1.10. The number of benzene rings is 3. The summed E-state index contributed by atoms with van der Waals surface area (Å²) in [6.07, 6.45) is 0. The van der Waals surface area contributed by atoms with E-state index in [0.717, 1.165) is 16.7 Å². The third-order valence-electron chi connectivity index (χ3n) is 4.78. The molecule has 0 saturated heterocycles. The van der Waals surface area contributed by atoms with E-state index >= 15 is 0 Å². The Morgan fingerprint density at radius 3 is 2.10 bits per heavy atom. The Kier molecular flexibility index (Phi) is 5.06. The second-order valence-corrected chi connectivity index (χ2v) is 7.00. The Balaban J connectivity index is 1.93. The fraction of sp³-hybridized carbons (Fsp3) is 0.0435. The predicted molar refractivity (Wildman–Crippen MR) is 113 cm³/mol. The molecule has 0 aromatic heterocycles. The van der Waals surface area contributed by atoms with Crippen LogP contribution in [0.5, 0.6) is 0 Å². The van der Waals surface area contributed by atoms with Crippen molar-refractivity contribution in [2.75, 3.05) is 0 Å². The van der Waals surface area contributed by atoms with Gasteiger partial charge in [0.05, 0.1) is 22.3 Å². The lowest BCUT2D eigenvalue weighted by atomic mass is 9.87. The van der Waals surface area contributed by atoms with Crippen LogP contribution >= 0.6 is 11.6 Å². The van der Waals surface area contributed by atoms with Gasteiger partial charge in [0, 0.05) is 5.57 Å². The first kappa shape index (κ1) is 18.8. The van der Waals surface area contributed by atoms with E-state index in [-0.39, 0.29) is 16.6 Å². The van der Waals surface area contributed by atoms with Gasteiger partial charge in [-0.3, -0.25) is 0 Å². The largest absolute Gasteiger partial charge is 0.478 e. The van der Waals surface area contributed by atoms with Crippen molar-refractivity contribution in [3.63, 3.8) is 0 Å². The number of aromatic carboxylic acids is 1. The van der Waals surface area contributed by atoms with Crippen LogP contribution in [0.15, 0.2) is 78.9 Å². The van der Waals surface area contributed by atoms with Crippen molar-refractivity contribution < 1.29 is 14.7 Å². The highest BCUT2D eigenvalue weighted by atomic mass is 35.5. The van der Waals surface area contributed by atoms with Gasteiger partial charge in [-0.05, 0) is 28.8 Å². The second kappa shape index (κ2) is 7.81. The van der Waals surface area contributed by atoms with Crippen molar-refractivity contribution in [2.24, 2.45) is 0 Å². The van der Waals surface area contributed by atoms with Crippen LogP contribution in [0.4, 0.5) is 4.79 Å². The molecule has 0 bridgehead atoms. The summed E-state index contributed by atoms with van der Waals surface area (Å²) in [5.74, 6) is -1.10. The van der Waals surface area contributed by atoms with Gasteiger partial charge >= 0.3 is 12.0 Å². The van der Waals surface area contributed by atoms with Crippen LogP contribution in [0.1, 0.15) is 33.1 Å². The molecule has 29 heavy (non-hydrogen) atoms. The smallest absolute Gasteiger partial charge is 0.337 e. The number of rotatable bonds is 4. The molecule has 144 valence electrons. The standard InChI is InChI=1S/C23H17ClN2O3/c24-18-13-16(11-12-17(18)22(27)28)21-19(14-7-3-1-4-8-14)20(25-23(29)26-21)15-9-5-2-6-10-15/h1-13,21H,(H,27,28)(H2,25,26,29). The van der Waals surface area contributed by atoms with E-state index in [4.69, 9.17) is 11.6 Å². The van der Waals surface area contributed by atoms with Crippen LogP contribution in [0.3, 0.4) is 0 Å². The first-order chi connectivity index (χ1) is 14.0. The molecule has 1 aliphatic rings. The Hall–Kier alpha value is -3.57. The molecule has 5 nitrogen and oxygen atoms in total. The molecule has 0 saturated carbocycles. The molecular weight excluding hydrogens is 388 g/mol. The minimum absolute atomic E-state index is 0.0178. The zero-order valence-corrected chi connectivity index (χ0v) is 16.0. The third kappa shape index (κ3) is 3.73. The Labute approximate surface area is 172 Å². The zero-order chi connectivity index (χ0) is 20.4. The molecule has 6 heteroatoms. The van der Waals surface area contributed by atoms with Gasteiger partial charge in [-0.25, -0.2) is 9.59 Å². The van der Waals surface area contributed by atoms with Crippen molar-refractivity contribution in [3.05, 3.63) is 106 Å². The summed E-state index contributed by atoms with van der Waals surface area (Å²) in [4.78, 5) is 23.8. The summed E-state index contributed by atoms with van der Waals surface area (Å²) in [5.41, 5.74) is 4.09. The summed E-state index contributed by atoms with van der Waals surface area (Å²) in [6.45, 7) is 0. The fourth-order valence-electron chi connectivity index (χ4n) is 3.46. The molecule has 3 aromatic rings. The molecule has 3 aromatic carbocycles. The highest BCUT2D eigenvalue weighted by Gasteiger charge is 2.30. The molecule has 4 rings (SSSR count). The number of carboxylic acid groups (broad SMARTS) is 1. The number of hydrogen-bond acceptors (Lipinski definition) is 2. The quantitative estimate of drug-likeness (QED) is 0.575. The first-order valence-corrected chi connectivity index (χ1v) is 9.37. The maximum Gasteiger partial charge on any atom is 0.337 e. The third-order valence-corrected chi connectivity index (χ3v) is 5.09. The Morgan fingerprint density at radius 1 is 0.897 bits per heavy atom. The lowest BCUT2D eigenvalue weighted by Gasteiger charge is -2.31. The van der Waals surface area contributed by atoms with Crippen molar-refractivity contribution in [3.8, 4) is 0 Å². The minimum Gasteiger partial charge on any atom is -0.478 e. The Morgan fingerprint density at radius 2 is 1.52 bits per heavy atom. The second-order valence-electron chi connectivity index (χ2n) is 6.60. The van der Waals surface area contributed by atoms with Crippen LogP contribution in [0.2, 0.25) is 5.02 Å². The highest BCUT2D eigenvalue weighted by Crippen LogP contribution is 2.38. The van der Waals surface area contributed by atoms with Gasteiger partial charge in [0.25, 0.3) is 0 Å². The van der Waals surface area contributed by atoms with E-state index in [1.807, 2.05) is 60.7 Å². The van der Waals surface area contributed by atoms with Gasteiger partial charge in [-0.1, -0.05) is 78.3 Å². The van der Waals surface area contributed by atoms with Crippen LogP contribution in [-0.2, 0) is 0 Å². The van der Waals surface area contributed by atoms with Crippen LogP contribution in [0, 0.1) is 0 Å². The number of nitrogens with one attached hydrogen (secondary N) is 2. The molecule has 3 N–H and O–H groups in total. The summed E-state index contributed by atoms with van der Waals surface area (Å²) in [5, 5.41) is 15.2. The number of halogens is 1. The number of carboxylic acids is 1. The number of carbonyl (C=O) groups is 2. The van der Waals surface area contributed by atoms with E-state index < -0.39 is 12.0 Å². The topological polar surface area (TPSA) is 78.4 Å². The fourth-order valence-corrected chi connectivity index (χ4v) is 3.73. The lowest BCUT2D eigenvalue weighted by Crippen LogP contribution is -2.43. The van der Waals surface area contributed by atoms with E-state index in [0.29, 0.717) is 11.3 Å². The number of amides is 2. The van der Waals surface area contributed by atoms with Crippen LogP contribution in [-0.4, -0.2) is 17.1 Å². The molecule has 0 radical (unpaired) electrons. The molecule has 1 unspecified atom stereocenters. The Bertz CT molecular complexity index is 1110. The van der Waals surface area contributed by atoms with Gasteiger partial charge in [0.1, 0.15) is 0 Å². The van der Waals surface area contributed by atoms with Crippen LogP contribution < -0.4 is 10.6 Å². The molecule has 2 amide bonds. The van der Waals surface area contributed by atoms with Crippen LogP contribution in [0.25, 0.3) is 11.3 Å². The summed E-state index contributed by atoms with van der Waals surface area (Å²) in [6, 6.07) is 23.2. The van der Waals surface area contributed by atoms with E-state index in [1.165, 1.54) is 6.07 Å². The van der Waals surface area contributed by atoms with Gasteiger partial charge in [0.2, 0.25) is 0 Å². The van der Waals surface area contributed by atoms with E-state index in [1.54, 1.807) is 12.1 Å². The highest BCUT2D eigenvalue weighted by molar-refractivity contribution is 6.33. The average molecular weight is 405 g/mol. The number of hydrogen-bond donors (Lipinski definition) is 3. The van der Waals surface area contributed by atoms with Crippen molar-refractivity contribution >= 4 is 34.9 Å². The molecule has 1 heterocycles. The monoisotopic (exact) mass is 404 g/mol. The van der Waals surface area contributed by atoms with Gasteiger partial charge in [-0.2, -0.15) is 0 Å². The van der Waals surface area contributed by atoms with E-state index in [2.05, 4.69) is 10.6 Å². The summed E-state index contributed by atoms with van der Waals surface area (Å²) in [7, 11) is 0. The average Bonchev–Trinajstić information content (AvgIpc) is 2.74. The van der Waals surface area contributed by atoms with Crippen molar-refractivity contribution in [1.82, 2.24) is 10.6 Å². The molecular formula is C23H17ClN2O3. The molecule has 1 aliphatic heterocycles. The first-order valence-electron chi connectivity index (χ1n) is 9.00. The maximum atomic E-state index is 12.5. The van der Waals surface area contributed by atoms with Gasteiger partial charge in [0.15, 0.2) is 0 Å². The van der Waals surface area contributed by atoms with Gasteiger partial charge < -0.3 is 15.7 Å². The molecule has 0 spiro atoms. The SMILES string of the molecule is O=C1NC(c2ccccc2)=C(c2ccccc2)C(c2ccc(C(=O)O)c(Cl)c2)N1. The number of urea groups is 1. The summed E-state index contributed by atoms with van der Waals surface area (Å²) >= 11 is 6.20. The molecule has 1 atom stereocenters. The number of carbonyl (C=O) groups excluding carboxylic acids is 1. The normalized spacial score (nSPS) is 16.2. The summed E-state index contributed by atoms with van der Waals surface area (Å²) < 4.78 is 0. The lowest BCUT2D eigenvalue weighted by molar-refractivity contribution is 0.0697. The van der Waals surface area contributed by atoms with Crippen molar-refractivity contribution in [1.29, 1.82) is 0 Å². The molecule has 0 fully saturated rings. The predicted octanol–water partition coefficient (Wildman–Crippen LogP) is 4.96. The van der Waals surface area contributed by atoms with E-state index in [9.17, 15) is 14.7 Å². The van der Waals surface area contributed by atoms with Crippen molar-refractivity contribution in [2.45, 2.75) is 6.04 Å². The maximum absolute atomic E-state index is 12.5. The molecule has 0 aliphatic carbocycles.